The van der Waals surface area contributed by atoms with Gasteiger partial charge in [0.25, 0.3) is 5.91 Å². The Kier molecular flexibility index (Phi) is 5.38. The maximum atomic E-state index is 12.0. The van der Waals surface area contributed by atoms with Gasteiger partial charge in [-0.2, -0.15) is 0 Å². The third-order valence-electron chi connectivity index (χ3n) is 3.23. The number of benzene rings is 1. The van der Waals surface area contributed by atoms with Crippen molar-refractivity contribution in [2.24, 2.45) is 0 Å². The van der Waals surface area contributed by atoms with Crippen LogP contribution in [0.15, 0.2) is 24.3 Å². The second kappa shape index (κ2) is 7.26. The van der Waals surface area contributed by atoms with E-state index in [0.29, 0.717) is 10.6 Å². The van der Waals surface area contributed by atoms with E-state index in [1.54, 1.807) is 31.2 Å². The second-order valence-electron chi connectivity index (χ2n) is 5.23. The van der Waals surface area contributed by atoms with Gasteiger partial charge >= 0.3 is 0 Å². The Morgan fingerprint density at radius 2 is 1.95 bits per heavy atom. The molecule has 0 spiro atoms. The summed E-state index contributed by atoms with van der Waals surface area (Å²) in [5.41, 5.74) is 0.301. The maximum absolute atomic E-state index is 12.0. The van der Waals surface area contributed by atoms with Gasteiger partial charge in [-0.1, -0.05) is 23.7 Å². The molecule has 0 saturated heterocycles. The molecular formula is C15H18ClN3O3. The largest absolute Gasteiger partial charge is 0.352 e. The summed E-state index contributed by atoms with van der Waals surface area (Å²) in [7, 11) is 0. The zero-order chi connectivity index (χ0) is 16.1. The summed E-state index contributed by atoms with van der Waals surface area (Å²) >= 11 is 5.92. The van der Waals surface area contributed by atoms with Crippen LogP contribution in [0.2, 0.25) is 5.02 Å². The van der Waals surface area contributed by atoms with Crippen molar-refractivity contribution in [2.75, 3.05) is 6.54 Å². The number of hydrogen-bond acceptors (Lipinski definition) is 3. The Morgan fingerprint density at radius 3 is 2.59 bits per heavy atom. The van der Waals surface area contributed by atoms with E-state index in [0.717, 1.165) is 12.8 Å². The highest BCUT2D eigenvalue weighted by molar-refractivity contribution is 6.33. The monoisotopic (exact) mass is 323 g/mol. The quantitative estimate of drug-likeness (QED) is 0.725. The molecule has 22 heavy (non-hydrogen) atoms. The maximum Gasteiger partial charge on any atom is 0.253 e. The second-order valence-corrected chi connectivity index (χ2v) is 5.64. The number of nitrogens with one attached hydrogen (secondary N) is 3. The molecule has 0 radical (unpaired) electrons. The molecule has 3 amide bonds. The van der Waals surface area contributed by atoms with Gasteiger partial charge in [-0.15, -0.1) is 0 Å². The zero-order valence-corrected chi connectivity index (χ0v) is 12.9. The highest BCUT2D eigenvalue weighted by Gasteiger charge is 2.24. The standard InChI is InChI=1S/C15H18ClN3O3/c1-9(14(21)17-8-13(20)19-10-6-7-10)18-15(22)11-4-2-3-5-12(11)16/h2-5,9-10H,6-8H2,1H3,(H,17,21)(H,18,22)(H,19,20). The molecule has 0 heterocycles. The Bertz CT molecular complexity index is 587. The molecule has 118 valence electrons. The fraction of sp³-hybridized carbons (Fsp3) is 0.400. The molecule has 0 bridgehead atoms. The van der Waals surface area contributed by atoms with E-state index in [2.05, 4.69) is 16.0 Å². The number of carbonyl (C=O) groups excluding carboxylic acids is 3. The van der Waals surface area contributed by atoms with Crippen LogP contribution in [-0.4, -0.2) is 36.3 Å². The van der Waals surface area contributed by atoms with Gasteiger partial charge in [0, 0.05) is 6.04 Å². The van der Waals surface area contributed by atoms with Gasteiger partial charge in [-0.3, -0.25) is 14.4 Å². The van der Waals surface area contributed by atoms with Crippen LogP contribution in [-0.2, 0) is 9.59 Å². The lowest BCUT2D eigenvalue weighted by atomic mass is 10.2. The minimum atomic E-state index is -0.766. The highest BCUT2D eigenvalue weighted by Crippen LogP contribution is 2.18. The molecule has 1 saturated carbocycles. The molecule has 0 aliphatic heterocycles. The number of hydrogen-bond donors (Lipinski definition) is 3. The Hall–Kier alpha value is -2.08. The van der Waals surface area contributed by atoms with Crippen molar-refractivity contribution in [1.29, 1.82) is 0 Å². The molecule has 6 nitrogen and oxygen atoms in total. The number of amides is 3. The Morgan fingerprint density at radius 1 is 1.27 bits per heavy atom. The Balaban J connectivity index is 1.79. The fourth-order valence-electron chi connectivity index (χ4n) is 1.81. The molecule has 1 aliphatic rings. The average Bonchev–Trinajstić information content (AvgIpc) is 3.28. The van der Waals surface area contributed by atoms with Gasteiger partial charge in [-0.05, 0) is 31.9 Å². The molecule has 1 atom stereocenters. The van der Waals surface area contributed by atoms with Gasteiger partial charge < -0.3 is 16.0 Å². The van der Waals surface area contributed by atoms with Gasteiger partial charge in [0.2, 0.25) is 11.8 Å². The molecule has 3 N–H and O–H groups in total. The minimum absolute atomic E-state index is 0.0956. The zero-order valence-electron chi connectivity index (χ0n) is 12.2. The van der Waals surface area contributed by atoms with Crippen LogP contribution in [0.5, 0.6) is 0 Å². The minimum Gasteiger partial charge on any atom is -0.352 e. The summed E-state index contributed by atoms with van der Waals surface area (Å²) in [6.45, 7) is 1.45. The number of halogens is 1. The predicted molar refractivity (Wildman–Crippen MR) is 82.6 cm³/mol. The van der Waals surface area contributed by atoms with Crippen LogP contribution in [0, 0.1) is 0 Å². The van der Waals surface area contributed by atoms with Gasteiger partial charge in [0.1, 0.15) is 6.04 Å². The van der Waals surface area contributed by atoms with E-state index in [-0.39, 0.29) is 18.5 Å². The van der Waals surface area contributed by atoms with E-state index >= 15 is 0 Å². The molecule has 1 unspecified atom stereocenters. The van der Waals surface area contributed by atoms with E-state index in [1.807, 2.05) is 0 Å². The van der Waals surface area contributed by atoms with Crippen LogP contribution in [0.25, 0.3) is 0 Å². The van der Waals surface area contributed by atoms with Crippen LogP contribution >= 0.6 is 11.6 Å². The molecule has 7 heteroatoms. The van der Waals surface area contributed by atoms with E-state index < -0.39 is 17.9 Å². The van der Waals surface area contributed by atoms with Gasteiger partial charge in [0.05, 0.1) is 17.1 Å². The molecule has 1 aliphatic carbocycles. The topological polar surface area (TPSA) is 87.3 Å². The van der Waals surface area contributed by atoms with Gasteiger partial charge in [0.15, 0.2) is 0 Å². The van der Waals surface area contributed by atoms with Crippen molar-refractivity contribution in [2.45, 2.75) is 31.8 Å². The lowest BCUT2D eigenvalue weighted by Gasteiger charge is -2.14. The Labute approximate surface area is 133 Å². The van der Waals surface area contributed by atoms with Crippen LogP contribution < -0.4 is 16.0 Å². The van der Waals surface area contributed by atoms with E-state index in [4.69, 9.17) is 11.6 Å². The van der Waals surface area contributed by atoms with Crippen LogP contribution in [0.3, 0.4) is 0 Å². The first-order chi connectivity index (χ1) is 10.5. The van der Waals surface area contributed by atoms with Crippen molar-refractivity contribution in [3.63, 3.8) is 0 Å². The normalized spacial score (nSPS) is 14.8. The predicted octanol–water partition coefficient (Wildman–Crippen LogP) is 0.853. The first-order valence-electron chi connectivity index (χ1n) is 7.10. The molecular weight excluding hydrogens is 306 g/mol. The van der Waals surface area contributed by atoms with Gasteiger partial charge in [-0.25, -0.2) is 0 Å². The molecule has 1 aromatic carbocycles. The third kappa shape index (κ3) is 4.73. The van der Waals surface area contributed by atoms with Crippen molar-refractivity contribution >= 4 is 29.3 Å². The van der Waals surface area contributed by atoms with Crippen molar-refractivity contribution in [3.8, 4) is 0 Å². The third-order valence-corrected chi connectivity index (χ3v) is 3.55. The summed E-state index contributed by atoms with van der Waals surface area (Å²) in [5.74, 6) is -1.08. The number of rotatable bonds is 6. The number of carbonyl (C=O) groups is 3. The summed E-state index contributed by atoms with van der Waals surface area (Å²) in [5, 5.41) is 8.11. The van der Waals surface area contributed by atoms with E-state index in [1.165, 1.54) is 0 Å². The summed E-state index contributed by atoms with van der Waals surface area (Å²) in [6, 6.07) is 6.07. The first kappa shape index (κ1) is 16.3. The lowest BCUT2D eigenvalue weighted by Crippen LogP contribution is -2.47. The lowest BCUT2D eigenvalue weighted by molar-refractivity contribution is -0.127. The summed E-state index contributed by atoms with van der Waals surface area (Å²) in [4.78, 5) is 35.4. The summed E-state index contributed by atoms with van der Waals surface area (Å²) in [6.07, 6.45) is 1.98. The van der Waals surface area contributed by atoms with Crippen molar-refractivity contribution in [3.05, 3.63) is 34.9 Å². The average molecular weight is 324 g/mol. The SMILES string of the molecule is CC(NC(=O)c1ccccc1Cl)C(=O)NCC(=O)NC1CC1. The molecule has 2 rings (SSSR count). The van der Waals surface area contributed by atoms with Crippen molar-refractivity contribution < 1.29 is 14.4 Å². The first-order valence-corrected chi connectivity index (χ1v) is 7.47. The smallest absolute Gasteiger partial charge is 0.253 e. The fourth-order valence-corrected chi connectivity index (χ4v) is 2.03. The van der Waals surface area contributed by atoms with Crippen LogP contribution in [0.1, 0.15) is 30.1 Å². The highest BCUT2D eigenvalue weighted by atomic mass is 35.5. The van der Waals surface area contributed by atoms with Crippen molar-refractivity contribution in [1.82, 2.24) is 16.0 Å². The molecule has 1 fully saturated rings. The van der Waals surface area contributed by atoms with E-state index in [9.17, 15) is 14.4 Å². The molecule has 1 aromatic rings. The summed E-state index contributed by atoms with van der Waals surface area (Å²) < 4.78 is 0. The molecule has 0 aromatic heterocycles. The van der Waals surface area contributed by atoms with Crippen LogP contribution in [0.4, 0.5) is 0 Å².